The lowest BCUT2D eigenvalue weighted by Crippen LogP contribution is -2.11. The number of rotatable bonds is 5. The molecule has 1 aromatic heterocycles. The molecule has 0 radical (unpaired) electrons. The summed E-state index contributed by atoms with van der Waals surface area (Å²) >= 11 is 9.32. The highest BCUT2D eigenvalue weighted by molar-refractivity contribution is 9.10. The van der Waals surface area contributed by atoms with Crippen molar-refractivity contribution in [1.29, 1.82) is 0 Å². The predicted molar refractivity (Wildman–Crippen MR) is 81.6 cm³/mol. The predicted octanol–water partition coefficient (Wildman–Crippen LogP) is 2.99. The van der Waals surface area contributed by atoms with Gasteiger partial charge < -0.3 is 10.5 Å². The molecule has 0 aliphatic carbocycles. The van der Waals surface area contributed by atoms with Crippen molar-refractivity contribution in [2.45, 2.75) is 6.61 Å². The number of halogens is 2. The highest BCUT2D eigenvalue weighted by Gasteiger charge is 2.09. The normalized spacial score (nSPS) is 10.2. The van der Waals surface area contributed by atoms with Gasteiger partial charge in [-0.1, -0.05) is 17.7 Å². The van der Waals surface area contributed by atoms with Gasteiger partial charge in [0, 0.05) is 26.8 Å². The first-order chi connectivity index (χ1) is 10.0. The second kappa shape index (κ2) is 6.69. The smallest absolute Gasteiger partial charge is 0.248 e. The number of carbonyl (C=O) groups excluding carboxylic acids is 2. The molecular formula is C14H10BrClN2O3. The largest absolute Gasteiger partial charge is 0.486 e. The lowest BCUT2D eigenvalue weighted by atomic mass is 10.1. The number of primary amides is 1. The van der Waals surface area contributed by atoms with Gasteiger partial charge in [0.1, 0.15) is 18.1 Å². The molecule has 1 heterocycles. The van der Waals surface area contributed by atoms with Crippen LogP contribution in [0.25, 0.3) is 0 Å². The monoisotopic (exact) mass is 368 g/mol. The summed E-state index contributed by atoms with van der Waals surface area (Å²) in [4.78, 5) is 25.9. The van der Waals surface area contributed by atoms with Gasteiger partial charge in [-0.25, -0.2) is 4.98 Å². The van der Waals surface area contributed by atoms with Crippen LogP contribution in [0.1, 0.15) is 26.4 Å². The number of pyridine rings is 1. The van der Waals surface area contributed by atoms with E-state index in [-0.39, 0.29) is 12.3 Å². The number of nitrogens with two attached hydrogens (primary N) is 1. The van der Waals surface area contributed by atoms with Crippen LogP contribution >= 0.6 is 27.5 Å². The van der Waals surface area contributed by atoms with Crippen molar-refractivity contribution in [2.24, 2.45) is 5.73 Å². The Hall–Kier alpha value is -1.92. The van der Waals surface area contributed by atoms with Gasteiger partial charge >= 0.3 is 0 Å². The second-order valence-electron chi connectivity index (χ2n) is 4.11. The number of carbonyl (C=O) groups is 2. The summed E-state index contributed by atoms with van der Waals surface area (Å²) in [5, 5.41) is 0.363. The molecule has 5 nitrogen and oxygen atoms in total. The highest BCUT2D eigenvalue weighted by Crippen LogP contribution is 2.23. The van der Waals surface area contributed by atoms with E-state index in [4.69, 9.17) is 22.1 Å². The van der Waals surface area contributed by atoms with E-state index in [0.717, 1.165) is 0 Å². The van der Waals surface area contributed by atoms with Crippen molar-refractivity contribution >= 4 is 39.7 Å². The van der Waals surface area contributed by atoms with Gasteiger partial charge in [-0.3, -0.25) is 9.59 Å². The molecule has 0 aliphatic rings. The molecule has 1 aromatic carbocycles. The van der Waals surface area contributed by atoms with E-state index < -0.39 is 5.91 Å². The van der Waals surface area contributed by atoms with E-state index in [9.17, 15) is 9.59 Å². The maximum Gasteiger partial charge on any atom is 0.248 e. The number of hydrogen-bond donors (Lipinski definition) is 1. The maximum atomic E-state index is 11.0. The molecule has 0 saturated heterocycles. The van der Waals surface area contributed by atoms with Crippen molar-refractivity contribution in [3.8, 4) is 5.75 Å². The molecule has 2 aromatic rings. The molecule has 0 atom stereocenters. The Morgan fingerprint density at radius 2 is 2.19 bits per heavy atom. The van der Waals surface area contributed by atoms with Crippen molar-refractivity contribution in [2.75, 3.05) is 0 Å². The summed E-state index contributed by atoms with van der Waals surface area (Å²) in [6.45, 7) is 0.136. The average Bonchev–Trinajstić information content (AvgIpc) is 2.46. The summed E-state index contributed by atoms with van der Waals surface area (Å²) < 4.78 is 6.24. The van der Waals surface area contributed by atoms with E-state index in [2.05, 4.69) is 20.9 Å². The van der Waals surface area contributed by atoms with Gasteiger partial charge in [0.15, 0.2) is 6.29 Å². The fraction of sp³-hybridized carbons (Fsp3) is 0.0714. The Labute approximate surface area is 134 Å². The number of amides is 1. The Morgan fingerprint density at radius 3 is 2.81 bits per heavy atom. The van der Waals surface area contributed by atoms with Crippen LogP contribution < -0.4 is 10.5 Å². The minimum atomic E-state index is -0.552. The maximum absolute atomic E-state index is 11.0. The summed E-state index contributed by atoms with van der Waals surface area (Å²) in [5.41, 5.74) is 6.35. The third kappa shape index (κ3) is 3.80. The fourth-order valence-corrected chi connectivity index (χ4v) is 2.15. The van der Waals surface area contributed by atoms with Crippen molar-refractivity contribution in [3.63, 3.8) is 0 Å². The van der Waals surface area contributed by atoms with E-state index in [1.165, 1.54) is 12.3 Å². The zero-order chi connectivity index (χ0) is 15.4. The summed E-state index contributed by atoms with van der Waals surface area (Å²) in [5.74, 6) is -0.210. The van der Waals surface area contributed by atoms with E-state index in [1.807, 2.05) is 0 Å². The zero-order valence-electron chi connectivity index (χ0n) is 10.7. The molecule has 0 unspecified atom stereocenters. The Morgan fingerprint density at radius 1 is 1.43 bits per heavy atom. The summed E-state index contributed by atoms with van der Waals surface area (Å²) in [7, 11) is 0. The fourth-order valence-electron chi connectivity index (χ4n) is 1.61. The van der Waals surface area contributed by atoms with Gasteiger partial charge in [-0.15, -0.1) is 0 Å². The lowest BCUT2D eigenvalue weighted by Gasteiger charge is -2.10. The molecule has 108 valence electrons. The standard InChI is InChI=1S/C14H10BrClN2O3/c15-10-4-13(12(6-19)18-5-10)21-7-9-2-1-8(14(17)20)3-11(9)16/h1-6H,7H2,(H2,17,20). The molecule has 0 aliphatic heterocycles. The molecule has 7 heteroatoms. The summed E-state index contributed by atoms with van der Waals surface area (Å²) in [6, 6.07) is 6.33. The van der Waals surface area contributed by atoms with Gasteiger partial charge in [0.2, 0.25) is 5.91 Å². The number of nitrogens with zero attached hydrogens (tertiary/aromatic N) is 1. The van der Waals surface area contributed by atoms with Crippen LogP contribution in [-0.2, 0) is 6.61 Å². The molecular weight excluding hydrogens is 360 g/mol. The van der Waals surface area contributed by atoms with Crippen LogP contribution in [0.15, 0.2) is 34.9 Å². The Bertz CT molecular complexity index is 707. The molecule has 2 N–H and O–H groups in total. The number of benzene rings is 1. The number of hydrogen-bond acceptors (Lipinski definition) is 4. The quantitative estimate of drug-likeness (QED) is 0.821. The number of ether oxygens (including phenoxy) is 1. The van der Waals surface area contributed by atoms with Crippen LogP contribution in [0.2, 0.25) is 5.02 Å². The van der Waals surface area contributed by atoms with E-state index in [0.29, 0.717) is 32.7 Å². The molecule has 0 fully saturated rings. The summed E-state index contributed by atoms with van der Waals surface area (Å²) in [6.07, 6.45) is 2.12. The molecule has 2 rings (SSSR count). The average molecular weight is 370 g/mol. The minimum absolute atomic E-state index is 0.136. The topological polar surface area (TPSA) is 82.3 Å². The molecule has 0 saturated carbocycles. The van der Waals surface area contributed by atoms with Gasteiger partial charge in [0.25, 0.3) is 0 Å². The van der Waals surface area contributed by atoms with Crippen molar-refractivity contribution < 1.29 is 14.3 Å². The van der Waals surface area contributed by atoms with E-state index in [1.54, 1.807) is 18.2 Å². The molecule has 0 spiro atoms. The zero-order valence-corrected chi connectivity index (χ0v) is 13.0. The number of aldehydes is 1. The highest BCUT2D eigenvalue weighted by atomic mass is 79.9. The third-order valence-electron chi connectivity index (χ3n) is 2.68. The Kier molecular flexibility index (Phi) is 4.93. The van der Waals surface area contributed by atoms with Crippen LogP contribution in [-0.4, -0.2) is 17.2 Å². The van der Waals surface area contributed by atoms with Crippen LogP contribution in [0.4, 0.5) is 0 Å². The van der Waals surface area contributed by atoms with E-state index >= 15 is 0 Å². The van der Waals surface area contributed by atoms with Crippen LogP contribution in [0.5, 0.6) is 5.75 Å². The first-order valence-electron chi connectivity index (χ1n) is 5.83. The minimum Gasteiger partial charge on any atom is -0.486 e. The van der Waals surface area contributed by atoms with Gasteiger partial charge in [0.05, 0.1) is 0 Å². The first-order valence-corrected chi connectivity index (χ1v) is 7.00. The first kappa shape index (κ1) is 15.5. The molecule has 1 amide bonds. The molecule has 0 bridgehead atoms. The third-order valence-corrected chi connectivity index (χ3v) is 3.47. The SMILES string of the molecule is NC(=O)c1ccc(COc2cc(Br)cnc2C=O)c(Cl)c1. The molecule has 21 heavy (non-hydrogen) atoms. The van der Waals surface area contributed by atoms with Gasteiger partial charge in [-0.05, 0) is 34.1 Å². The van der Waals surface area contributed by atoms with Crippen molar-refractivity contribution in [1.82, 2.24) is 4.98 Å². The van der Waals surface area contributed by atoms with Crippen LogP contribution in [0.3, 0.4) is 0 Å². The van der Waals surface area contributed by atoms with Crippen molar-refractivity contribution in [3.05, 3.63) is 56.8 Å². The van der Waals surface area contributed by atoms with Gasteiger partial charge in [-0.2, -0.15) is 0 Å². The second-order valence-corrected chi connectivity index (χ2v) is 5.44. The number of aromatic nitrogens is 1. The lowest BCUT2D eigenvalue weighted by molar-refractivity contribution is 0.0999. The Balaban J connectivity index is 2.18. The van der Waals surface area contributed by atoms with Crippen LogP contribution in [0, 0.1) is 0 Å².